The summed E-state index contributed by atoms with van der Waals surface area (Å²) in [6.45, 7) is 0. The molecule has 0 bridgehead atoms. The van der Waals surface area contributed by atoms with E-state index in [-0.39, 0.29) is 6.42 Å². The van der Waals surface area contributed by atoms with Crippen LogP contribution in [0.1, 0.15) is 18.2 Å². The Morgan fingerprint density at radius 1 is 1.42 bits per heavy atom. The molecule has 3 rings (SSSR count). The number of pyridine rings is 1. The minimum atomic E-state index is -0.948. The maximum absolute atomic E-state index is 10.7. The van der Waals surface area contributed by atoms with Gasteiger partial charge in [0.2, 0.25) is 0 Å². The summed E-state index contributed by atoms with van der Waals surface area (Å²) in [4.78, 5) is 15.0. The van der Waals surface area contributed by atoms with Gasteiger partial charge in [0.25, 0.3) is 0 Å². The molecule has 0 saturated carbocycles. The predicted octanol–water partition coefficient (Wildman–Crippen LogP) is 2.46. The van der Waals surface area contributed by atoms with Crippen LogP contribution in [0.3, 0.4) is 0 Å². The number of nitrogens with two attached hydrogens (primary N) is 1. The van der Waals surface area contributed by atoms with Crippen molar-refractivity contribution in [1.82, 2.24) is 4.98 Å². The second-order valence-corrected chi connectivity index (χ2v) is 4.41. The van der Waals surface area contributed by atoms with Gasteiger partial charge >= 0.3 is 5.97 Å². The fraction of sp³-hybridized carbons (Fsp3) is 0.143. The van der Waals surface area contributed by atoms with Gasteiger partial charge in [-0.15, -0.1) is 0 Å². The first kappa shape index (κ1) is 11.7. The highest BCUT2D eigenvalue weighted by atomic mass is 16.4. The van der Waals surface area contributed by atoms with Crippen molar-refractivity contribution < 1.29 is 14.3 Å². The number of furan rings is 1. The van der Waals surface area contributed by atoms with Crippen LogP contribution in [0.5, 0.6) is 0 Å². The molecule has 5 heteroatoms. The van der Waals surface area contributed by atoms with E-state index in [1.165, 1.54) is 0 Å². The fourth-order valence-electron chi connectivity index (χ4n) is 2.12. The molecule has 0 aliphatic rings. The maximum atomic E-state index is 10.7. The first-order valence-corrected chi connectivity index (χ1v) is 5.89. The number of aromatic nitrogens is 1. The van der Waals surface area contributed by atoms with Crippen molar-refractivity contribution in [3.05, 3.63) is 42.3 Å². The Balaban J connectivity index is 2.15. The largest absolute Gasteiger partial charge is 0.481 e. The molecule has 1 unspecified atom stereocenters. The zero-order valence-corrected chi connectivity index (χ0v) is 10.0. The average Bonchev–Trinajstić information content (AvgIpc) is 2.82. The van der Waals surface area contributed by atoms with Gasteiger partial charge in [-0.2, -0.15) is 0 Å². The Labute approximate surface area is 108 Å². The Bertz CT molecular complexity index is 764. The molecule has 2 aromatic heterocycles. The molecule has 0 saturated heterocycles. The van der Waals surface area contributed by atoms with E-state index in [0.717, 1.165) is 16.3 Å². The van der Waals surface area contributed by atoms with Crippen LogP contribution in [0.25, 0.3) is 21.9 Å². The number of nitrogens with zero attached hydrogens (tertiary/aromatic N) is 1. The number of carboxylic acid groups (broad SMARTS) is 1. The molecular formula is C14H12N2O3. The molecule has 0 aliphatic heterocycles. The van der Waals surface area contributed by atoms with Crippen molar-refractivity contribution in [1.29, 1.82) is 0 Å². The SMILES string of the molecule is NC(CC(=O)O)c1cc2cnc3ccccc3c2o1. The van der Waals surface area contributed by atoms with E-state index in [0.29, 0.717) is 11.3 Å². The first-order chi connectivity index (χ1) is 9.15. The van der Waals surface area contributed by atoms with Crippen LogP contribution < -0.4 is 5.73 Å². The minimum Gasteiger partial charge on any atom is -0.481 e. The molecule has 0 amide bonds. The third-order valence-corrected chi connectivity index (χ3v) is 3.03. The summed E-state index contributed by atoms with van der Waals surface area (Å²) in [6, 6.07) is 8.73. The predicted molar refractivity (Wildman–Crippen MR) is 70.7 cm³/mol. The van der Waals surface area contributed by atoms with Gasteiger partial charge in [0.05, 0.1) is 18.0 Å². The maximum Gasteiger partial charge on any atom is 0.305 e. The molecule has 0 radical (unpaired) electrons. The van der Waals surface area contributed by atoms with Crippen LogP contribution in [0, 0.1) is 0 Å². The van der Waals surface area contributed by atoms with Crippen LogP contribution in [0.2, 0.25) is 0 Å². The summed E-state index contributed by atoms with van der Waals surface area (Å²) in [6.07, 6.45) is 1.54. The Hall–Kier alpha value is -2.40. The van der Waals surface area contributed by atoms with Gasteiger partial charge < -0.3 is 15.3 Å². The summed E-state index contributed by atoms with van der Waals surface area (Å²) >= 11 is 0. The molecule has 1 atom stereocenters. The number of benzene rings is 1. The van der Waals surface area contributed by atoms with E-state index in [1.807, 2.05) is 24.3 Å². The number of carbonyl (C=O) groups is 1. The van der Waals surface area contributed by atoms with Crippen molar-refractivity contribution in [3.63, 3.8) is 0 Å². The molecule has 0 spiro atoms. The lowest BCUT2D eigenvalue weighted by atomic mass is 10.1. The van der Waals surface area contributed by atoms with Crippen LogP contribution >= 0.6 is 0 Å². The Morgan fingerprint density at radius 2 is 2.21 bits per heavy atom. The number of para-hydroxylation sites is 1. The van der Waals surface area contributed by atoms with Crippen molar-refractivity contribution in [3.8, 4) is 0 Å². The summed E-state index contributed by atoms with van der Waals surface area (Å²) in [5.74, 6) is -0.480. The summed E-state index contributed by atoms with van der Waals surface area (Å²) < 4.78 is 5.72. The summed E-state index contributed by atoms with van der Waals surface area (Å²) in [5, 5.41) is 10.5. The topological polar surface area (TPSA) is 89.4 Å². The second-order valence-electron chi connectivity index (χ2n) is 4.41. The van der Waals surface area contributed by atoms with Crippen LogP contribution in [0.15, 0.2) is 40.9 Å². The smallest absolute Gasteiger partial charge is 0.305 e. The molecule has 3 aromatic rings. The second kappa shape index (κ2) is 4.37. The molecule has 19 heavy (non-hydrogen) atoms. The van der Waals surface area contributed by atoms with E-state index in [4.69, 9.17) is 15.3 Å². The van der Waals surface area contributed by atoms with Crippen LogP contribution in [0.4, 0.5) is 0 Å². The fourth-order valence-corrected chi connectivity index (χ4v) is 2.12. The minimum absolute atomic E-state index is 0.162. The third kappa shape index (κ3) is 2.04. The molecule has 2 heterocycles. The number of carboxylic acids is 1. The highest BCUT2D eigenvalue weighted by molar-refractivity contribution is 6.02. The van der Waals surface area contributed by atoms with Gasteiger partial charge in [0.15, 0.2) is 0 Å². The Morgan fingerprint density at radius 3 is 3.00 bits per heavy atom. The van der Waals surface area contributed by atoms with E-state index in [1.54, 1.807) is 12.3 Å². The molecule has 5 nitrogen and oxygen atoms in total. The number of hydrogen-bond acceptors (Lipinski definition) is 4. The van der Waals surface area contributed by atoms with Crippen LogP contribution in [-0.2, 0) is 4.79 Å². The lowest BCUT2D eigenvalue weighted by Gasteiger charge is -2.03. The van der Waals surface area contributed by atoms with E-state index in [9.17, 15) is 4.79 Å². The Kier molecular flexibility index (Phi) is 2.68. The number of rotatable bonds is 3. The summed E-state index contributed by atoms with van der Waals surface area (Å²) in [7, 11) is 0. The average molecular weight is 256 g/mol. The van der Waals surface area contributed by atoms with Crippen molar-refractivity contribution in [2.24, 2.45) is 5.73 Å². The van der Waals surface area contributed by atoms with E-state index >= 15 is 0 Å². The molecular weight excluding hydrogens is 244 g/mol. The number of fused-ring (bicyclic) bond motifs is 3. The van der Waals surface area contributed by atoms with Crippen molar-refractivity contribution >= 4 is 27.8 Å². The molecule has 1 aromatic carbocycles. The molecule has 96 valence electrons. The molecule has 0 fully saturated rings. The third-order valence-electron chi connectivity index (χ3n) is 3.03. The van der Waals surface area contributed by atoms with Crippen molar-refractivity contribution in [2.45, 2.75) is 12.5 Å². The number of aliphatic carboxylic acids is 1. The lowest BCUT2D eigenvalue weighted by Crippen LogP contribution is -2.14. The normalized spacial score (nSPS) is 12.9. The lowest BCUT2D eigenvalue weighted by molar-refractivity contribution is -0.137. The standard InChI is InChI=1S/C14H12N2O3/c15-10(6-13(17)18)12-5-8-7-16-11-4-2-1-3-9(11)14(8)19-12/h1-5,7,10H,6,15H2,(H,17,18). The number of hydrogen-bond donors (Lipinski definition) is 2. The molecule has 0 aliphatic carbocycles. The van der Waals surface area contributed by atoms with Gasteiger partial charge in [-0.25, -0.2) is 0 Å². The zero-order chi connectivity index (χ0) is 13.4. The summed E-state index contributed by atoms with van der Waals surface area (Å²) in [5.41, 5.74) is 7.34. The van der Waals surface area contributed by atoms with E-state index in [2.05, 4.69) is 4.98 Å². The van der Waals surface area contributed by atoms with Crippen molar-refractivity contribution in [2.75, 3.05) is 0 Å². The quantitative estimate of drug-likeness (QED) is 0.751. The highest BCUT2D eigenvalue weighted by Crippen LogP contribution is 2.29. The van der Waals surface area contributed by atoms with E-state index < -0.39 is 12.0 Å². The van der Waals surface area contributed by atoms with Gasteiger partial charge in [-0.1, -0.05) is 12.1 Å². The van der Waals surface area contributed by atoms with Gasteiger partial charge in [0.1, 0.15) is 11.3 Å². The monoisotopic (exact) mass is 256 g/mol. The highest BCUT2D eigenvalue weighted by Gasteiger charge is 2.16. The van der Waals surface area contributed by atoms with Crippen LogP contribution in [-0.4, -0.2) is 16.1 Å². The van der Waals surface area contributed by atoms with Gasteiger partial charge in [-0.3, -0.25) is 9.78 Å². The van der Waals surface area contributed by atoms with Gasteiger partial charge in [0, 0.05) is 17.0 Å². The van der Waals surface area contributed by atoms with Gasteiger partial charge in [-0.05, 0) is 18.2 Å². The first-order valence-electron chi connectivity index (χ1n) is 5.89. The zero-order valence-electron chi connectivity index (χ0n) is 10.0. The molecule has 3 N–H and O–H groups in total.